The van der Waals surface area contributed by atoms with E-state index in [-0.39, 0.29) is 11.7 Å². The van der Waals surface area contributed by atoms with Gasteiger partial charge in [-0.1, -0.05) is 19.3 Å². The molecule has 5 aromatic heterocycles. The maximum absolute atomic E-state index is 14.7. The zero-order chi connectivity index (χ0) is 32.3. The van der Waals surface area contributed by atoms with E-state index < -0.39 is 0 Å². The quantitative estimate of drug-likeness (QED) is 0.132. The molecule has 12 heteroatoms. The fourth-order valence-corrected chi connectivity index (χ4v) is 6.25. The van der Waals surface area contributed by atoms with Crippen LogP contribution in [0.5, 0.6) is 0 Å². The van der Waals surface area contributed by atoms with Crippen molar-refractivity contribution in [2.75, 3.05) is 37.8 Å². The van der Waals surface area contributed by atoms with Crippen LogP contribution < -0.4 is 10.6 Å². The molecule has 11 nitrogen and oxygen atoms in total. The van der Waals surface area contributed by atoms with Gasteiger partial charge in [0.1, 0.15) is 16.9 Å². The molecule has 0 atom stereocenters. The first-order valence-electron chi connectivity index (χ1n) is 16.0. The van der Waals surface area contributed by atoms with E-state index in [1.807, 2.05) is 44.4 Å². The van der Waals surface area contributed by atoms with Crippen molar-refractivity contribution in [3.63, 3.8) is 0 Å². The predicted octanol–water partition coefficient (Wildman–Crippen LogP) is 6.65. The summed E-state index contributed by atoms with van der Waals surface area (Å²) in [5, 5.41) is 13.9. The van der Waals surface area contributed by atoms with E-state index in [9.17, 15) is 9.18 Å². The van der Waals surface area contributed by atoms with Crippen molar-refractivity contribution in [2.45, 2.75) is 38.5 Å². The molecule has 4 N–H and O–H groups in total. The summed E-state index contributed by atoms with van der Waals surface area (Å²) in [5.74, 6) is 0.620. The van der Waals surface area contributed by atoms with Gasteiger partial charge in [-0.25, -0.2) is 14.4 Å². The second-order valence-corrected chi connectivity index (χ2v) is 12.5. The van der Waals surface area contributed by atoms with Crippen molar-refractivity contribution in [1.82, 2.24) is 40.0 Å². The number of imidazole rings is 1. The zero-order valence-electron chi connectivity index (χ0n) is 26.5. The molecule has 0 spiro atoms. The summed E-state index contributed by atoms with van der Waals surface area (Å²) in [6, 6.07) is 12.4. The van der Waals surface area contributed by atoms with Crippen molar-refractivity contribution >= 4 is 39.3 Å². The number of nitrogens with zero attached hydrogens (tertiary/aromatic N) is 6. The monoisotopic (exact) mass is 632 g/mol. The second-order valence-electron chi connectivity index (χ2n) is 12.5. The van der Waals surface area contributed by atoms with Crippen molar-refractivity contribution in [2.24, 2.45) is 5.92 Å². The number of hydrogen-bond donors (Lipinski definition) is 4. The van der Waals surface area contributed by atoms with Crippen molar-refractivity contribution in [1.29, 1.82) is 0 Å². The average molecular weight is 633 g/mol. The first kappa shape index (κ1) is 30.4. The molecule has 1 saturated carbocycles. The molecule has 0 aliphatic heterocycles. The van der Waals surface area contributed by atoms with Gasteiger partial charge in [0.2, 0.25) is 5.91 Å². The van der Waals surface area contributed by atoms with Crippen LogP contribution in [0.3, 0.4) is 0 Å². The second kappa shape index (κ2) is 13.2. The van der Waals surface area contributed by atoms with Gasteiger partial charge in [0.05, 0.1) is 34.3 Å². The number of rotatable bonds is 10. The van der Waals surface area contributed by atoms with Crippen LogP contribution in [-0.2, 0) is 4.79 Å². The number of nitrogens with one attached hydrogen (secondary N) is 4. The highest BCUT2D eigenvalue weighted by atomic mass is 19.1. The number of likely N-dealkylation sites (N-methyl/N-ethyl adjacent to an activating group) is 1. The molecular weight excluding hydrogens is 595 g/mol. The minimum absolute atomic E-state index is 0.0187. The number of benzene rings is 1. The number of carbonyl (C=O) groups excluding carboxylic acids is 1. The van der Waals surface area contributed by atoms with Crippen LogP contribution in [0.2, 0.25) is 0 Å². The number of anilines is 2. The molecule has 0 unspecified atom stereocenters. The molecule has 47 heavy (non-hydrogen) atoms. The predicted molar refractivity (Wildman–Crippen MR) is 182 cm³/mol. The molecule has 240 valence electrons. The lowest BCUT2D eigenvalue weighted by Crippen LogP contribution is -2.20. The fraction of sp³-hybridized carbons (Fsp3) is 0.314. The number of halogens is 1. The van der Waals surface area contributed by atoms with Gasteiger partial charge in [-0.05, 0) is 75.3 Å². The number of hydrogen-bond acceptors (Lipinski definition) is 8. The molecule has 1 aromatic carbocycles. The third-order valence-electron chi connectivity index (χ3n) is 8.61. The molecule has 1 aliphatic carbocycles. The maximum Gasteiger partial charge on any atom is 0.224 e. The van der Waals surface area contributed by atoms with Crippen molar-refractivity contribution in [3.8, 4) is 34.0 Å². The van der Waals surface area contributed by atoms with Gasteiger partial charge in [0, 0.05) is 48.7 Å². The first-order valence-corrected chi connectivity index (χ1v) is 16.0. The highest BCUT2D eigenvalue weighted by Crippen LogP contribution is 2.32. The minimum Gasteiger partial charge on any atom is -0.384 e. The summed E-state index contributed by atoms with van der Waals surface area (Å²) >= 11 is 0. The van der Waals surface area contributed by atoms with E-state index in [0.717, 1.165) is 36.0 Å². The van der Waals surface area contributed by atoms with Crippen LogP contribution in [0.1, 0.15) is 38.5 Å². The molecule has 1 fully saturated rings. The third kappa shape index (κ3) is 6.82. The summed E-state index contributed by atoms with van der Waals surface area (Å²) in [5.41, 5.74) is 7.19. The Morgan fingerprint density at radius 3 is 2.62 bits per heavy atom. The van der Waals surface area contributed by atoms with Crippen molar-refractivity contribution in [3.05, 3.63) is 66.9 Å². The molecule has 1 aliphatic rings. The first-order chi connectivity index (χ1) is 22.9. The Morgan fingerprint density at radius 2 is 1.77 bits per heavy atom. The number of aromatic amines is 2. The summed E-state index contributed by atoms with van der Waals surface area (Å²) in [6.07, 6.45) is 11.5. The van der Waals surface area contributed by atoms with Gasteiger partial charge >= 0.3 is 0 Å². The normalized spacial score (nSPS) is 13.9. The minimum atomic E-state index is -0.359. The van der Waals surface area contributed by atoms with Crippen molar-refractivity contribution < 1.29 is 9.18 Å². The van der Waals surface area contributed by atoms with E-state index in [0.29, 0.717) is 69.8 Å². The van der Waals surface area contributed by atoms with Crippen LogP contribution in [0, 0.1) is 11.7 Å². The largest absolute Gasteiger partial charge is 0.384 e. The maximum atomic E-state index is 14.7. The standard InChI is InChI=1S/C35H37FN10O/c1-46(2)13-12-38-25-16-22(15-24(36)18-25)31-32-28(10-11-39-31)42-35(43-32)34-33-29(44-45-34)9-8-27(41-33)23-17-26(20-37-19-23)40-30(47)14-21-6-4-3-5-7-21/h8-11,15-21,38H,3-7,12-14H2,1-2H3,(H,40,47)(H,42,43)(H,44,45). The Hall–Kier alpha value is -5.23. The Labute approximate surface area is 271 Å². The molecule has 0 bridgehead atoms. The molecule has 5 heterocycles. The van der Waals surface area contributed by atoms with Gasteiger partial charge in [-0.3, -0.25) is 19.9 Å². The van der Waals surface area contributed by atoms with Crippen LogP contribution in [0.25, 0.3) is 56.1 Å². The molecule has 6 aromatic rings. The molecule has 0 radical (unpaired) electrons. The van der Waals surface area contributed by atoms with Gasteiger partial charge < -0.3 is 20.5 Å². The SMILES string of the molecule is CN(C)CCNc1cc(F)cc(-c2nccc3[nH]c(-c4n[nH]c5ccc(-c6cncc(NC(=O)CC7CCCCC7)c6)nc45)nc23)c1. The number of fused-ring (bicyclic) bond motifs is 2. The summed E-state index contributed by atoms with van der Waals surface area (Å²) < 4.78 is 14.7. The molecular formula is C35H37FN10O. The molecule has 1 amide bonds. The average Bonchev–Trinajstić information content (AvgIpc) is 3.69. The van der Waals surface area contributed by atoms with Crippen LogP contribution in [0.15, 0.2) is 61.1 Å². The highest BCUT2D eigenvalue weighted by Gasteiger charge is 2.20. The topological polar surface area (TPSA) is 140 Å². The summed E-state index contributed by atoms with van der Waals surface area (Å²) in [6.45, 7) is 1.49. The Kier molecular flexibility index (Phi) is 8.58. The van der Waals surface area contributed by atoms with Gasteiger partial charge in [0.15, 0.2) is 11.5 Å². The number of H-pyrrole nitrogens is 2. The van der Waals surface area contributed by atoms with Gasteiger partial charge in [-0.2, -0.15) is 5.10 Å². The number of carbonyl (C=O) groups is 1. The third-order valence-corrected chi connectivity index (χ3v) is 8.61. The number of pyridine rings is 3. The lowest BCUT2D eigenvalue weighted by atomic mass is 9.87. The lowest BCUT2D eigenvalue weighted by Gasteiger charge is -2.20. The van der Waals surface area contributed by atoms with Crippen LogP contribution in [-0.4, -0.2) is 73.1 Å². The van der Waals surface area contributed by atoms with E-state index in [4.69, 9.17) is 9.97 Å². The molecule has 0 saturated heterocycles. The van der Waals surface area contributed by atoms with E-state index >= 15 is 0 Å². The van der Waals surface area contributed by atoms with Crippen LogP contribution >= 0.6 is 0 Å². The highest BCUT2D eigenvalue weighted by molar-refractivity contribution is 5.95. The lowest BCUT2D eigenvalue weighted by molar-refractivity contribution is -0.117. The van der Waals surface area contributed by atoms with E-state index in [1.165, 1.54) is 31.4 Å². The number of amides is 1. The Bertz CT molecular complexity index is 2050. The van der Waals surface area contributed by atoms with Gasteiger partial charge in [-0.15, -0.1) is 0 Å². The Morgan fingerprint density at radius 1 is 0.936 bits per heavy atom. The van der Waals surface area contributed by atoms with Crippen LogP contribution in [0.4, 0.5) is 15.8 Å². The molecule has 7 rings (SSSR count). The van der Waals surface area contributed by atoms with E-state index in [1.54, 1.807) is 18.6 Å². The summed E-state index contributed by atoms with van der Waals surface area (Å²) in [7, 11) is 3.99. The fourth-order valence-electron chi connectivity index (χ4n) is 6.25. The van der Waals surface area contributed by atoms with E-state index in [2.05, 4.69) is 40.7 Å². The smallest absolute Gasteiger partial charge is 0.224 e. The van der Waals surface area contributed by atoms with Gasteiger partial charge in [0.25, 0.3) is 0 Å². The zero-order valence-corrected chi connectivity index (χ0v) is 26.5. The summed E-state index contributed by atoms with van der Waals surface area (Å²) in [4.78, 5) is 36.9. The number of aromatic nitrogens is 7. The Balaban J connectivity index is 1.16.